The lowest BCUT2D eigenvalue weighted by molar-refractivity contribution is -0.138. The third-order valence-corrected chi connectivity index (χ3v) is 2.55. The topological polar surface area (TPSA) is 66.3 Å². The zero-order valence-corrected chi connectivity index (χ0v) is 8.28. The number of likely N-dealkylation sites (N-methyl/N-ethyl adjacent to an activating group) is 1. The summed E-state index contributed by atoms with van der Waals surface area (Å²) >= 11 is 1.19. The average Bonchev–Trinajstić information content (AvgIpc) is 2.56. The monoisotopic (exact) mass is 201 g/mol. The van der Waals surface area contributed by atoms with Crippen LogP contribution in [-0.2, 0) is 4.79 Å². The number of hydrogen-bond donors (Lipinski definition) is 1. The first-order chi connectivity index (χ1) is 6.16. The SMILES string of the molecule is CCC(C(=O)O)N(C)c1ncns1. The number of aromatic nitrogens is 2. The van der Waals surface area contributed by atoms with Gasteiger partial charge in [-0.25, -0.2) is 9.78 Å². The molecule has 0 spiro atoms. The van der Waals surface area contributed by atoms with Crippen LogP contribution in [0.5, 0.6) is 0 Å². The van der Waals surface area contributed by atoms with Gasteiger partial charge in [-0.15, -0.1) is 0 Å². The molecule has 1 atom stereocenters. The van der Waals surface area contributed by atoms with Gasteiger partial charge in [-0.2, -0.15) is 4.37 Å². The maximum absolute atomic E-state index is 10.8. The van der Waals surface area contributed by atoms with Crippen LogP contribution < -0.4 is 4.90 Å². The van der Waals surface area contributed by atoms with Crippen molar-refractivity contribution in [3.05, 3.63) is 6.33 Å². The summed E-state index contributed by atoms with van der Waals surface area (Å²) in [7, 11) is 1.71. The predicted octanol–water partition coefficient (Wildman–Crippen LogP) is 0.837. The second-order valence-electron chi connectivity index (χ2n) is 2.60. The Bertz CT molecular complexity index is 275. The number of nitrogens with zero attached hydrogens (tertiary/aromatic N) is 3. The van der Waals surface area contributed by atoms with E-state index in [0.29, 0.717) is 11.6 Å². The molecule has 72 valence electrons. The summed E-state index contributed by atoms with van der Waals surface area (Å²) in [6.45, 7) is 1.83. The molecule has 0 amide bonds. The summed E-state index contributed by atoms with van der Waals surface area (Å²) in [4.78, 5) is 16.3. The molecule has 0 bridgehead atoms. The Balaban J connectivity index is 2.76. The van der Waals surface area contributed by atoms with E-state index >= 15 is 0 Å². The molecule has 0 fully saturated rings. The van der Waals surface area contributed by atoms with Crippen molar-refractivity contribution in [2.45, 2.75) is 19.4 Å². The molecule has 0 aromatic carbocycles. The molecule has 0 aliphatic rings. The second-order valence-corrected chi connectivity index (χ2v) is 3.36. The lowest BCUT2D eigenvalue weighted by atomic mass is 10.2. The van der Waals surface area contributed by atoms with E-state index < -0.39 is 12.0 Å². The van der Waals surface area contributed by atoms with Gasteiger partial charge in [-0.3, -0.25) is 0 Å². The highest BCUT2D eigenvalue weighted by molar-refractivity contribution is 7.09. The molecular formula is C7H11N3O2S. The third kappa shape index (κ3) is 2.15. The van der Waals surface area contributed by atoms with Crippen molar-refractivity contribution in [1.29, 1.82) is 0 Å². The van der Waals surface area contributed by atoms with E-state index in [2.05, 4.69) is 9.36 Å². The van der Waals surface area contributed by atoms with Gasteiger partial charge in [0.1, 0.15) is 12.4 Å². The summed E-state index contributed by atoms with van der Waals surface area (Å²) in [5.41, 5.74) is 0. The Hall–Kier alpha value is -1.17. The van der Waals surface area contributed by atoms with Crippen molar-refractivity contribution in [2.75, 3.05) is 11.9 Å². The highest BCUT2D eigenvalue weighted by atomic mass is 32.1. The second kappa shape index (κ2) is 4.18. The van der Waals surface area contributed by atoms with Crippen molar-refractivity contribution in [1.82, 2.24) is 9.36 Å². The van der Waals surface area contributed by atoms with Crippen molar-refractivity contribution in [2.24, 2.45) is 0 Å². The minimum Gasteiger partial charge on any atom is -0.480 e. The third-order valence-electron chi connectivity index (χ3n) is 1.79. The molecule has 1 heterocycles. The minimum absolute atomic E-state index is 0.520. The minimum atomic E-state index is -0.833. The fourth-order valence-electron chi connectivity index (χ4n) is 1.07. The van der Waals surface area contributed by atoms with E-state index in [0.717, 1.165) is 0 Å². The van der Waals surface area contributed by atoms with Crippen LogP contribution in [0.2, 0.25) is 0 Å². The lowest BCUT2D eigenvalue weighted by Crippen LogP contribution is -2.37. The number of hydrogen-bond acceptors (Lipinski definition) is 5. The maximum Gasteiger partial charge on any atom is 0.326 e. The van der Waals surface area contributed by atoms with E-state index in [4.69, 9.17) is 5.11 Å². The van der Waals surface area contributed by atoms with Crippen molar-refractivity contribution in [3.63, 3.8) is 0 Å². The first kappa shape index (κ1) is 9.91. The Morgan fingerprint density at radius 3 is 2.92 bits per heavy atom. The van der Waals surface area contributed by atoms with E-state index in [1.807, 2.05) is 6.92 Å². The molecule has 1 unspecified atom stereocenters. The van der Waals surface area contributed by atoms with Gasteiger partial charge >= 0.3 is 5.97 Å². The van der Waals surface area contributed by atoms with Crippen LogP contribution in [0.25, 0.3) is 0 Å². The van der Waals surface area contributed by atoms with Crippen molar-refractivity contribution < 1.29 is 9.90 Å². The lowest BCUT2D eigenvalue weighted by Gasteiger charge is -2.21. The van der Waals surface area contributed by atoms with E-state index in [1.165, 1.54) is 17.9 Å². The molecule has 1 aromatic heterocycles. The van der Waals surface area contributed by atoms with Gasteiger partial charge in [0.25, 0.3) is 0 Å². The molecule has 0 saturated carbocycles. The Morgan fingerprint density at radius 1 is 1.85 bits per heavy atom. The van der Waals surface area contributed by atoms with Crippen LogP contribution in [0, 0.1) is 0 Å². The normalized spacial score (nSPS) is 12.5. The fourth-order valence-corrected chi connectivity index (χ4v) is 1.61. The van der Waals surface area contributed by atoms with Gasteiger partial charge in [-0.1, -0.05) is 6.92 Å². The Kier molecular flexibility index (Phi) is 3.18. The largest absolute Gasteiger partial charge is 0.480 e. The summed E-state index contributed by atoms with van der Waals surface area (Å²) in [6, 6.07) is -0.520. The van der Waals surface area contributed by atoms with Gasteiger partial charge < -0.3 is 10.0 Å². The van der Waals surface area contributed by atoms with Crippen LogP contribution in [0.15, 0.2) is 6.33 Å². The van der Waals surface area contributed by atoms with Crippen molar-refractivity contribution in [3.8, 4) is 0 Å². The number of carboxylic acid groups (broad SMARTS) is 1. The number of anilines is 1. The van der Waals surface area contributed by atoms with Crippen LogP contribution in [0.1, 0.15) is 13.3 Å². The summed E-state index contributed by atoms with van der Waals surface area (Å²) in [6.07, 6.45) is 1.97. The first-order valence-electron chi connectivity index (χ1n) is 3.89. The predicted molar refractivity (Wildman–Crippen MR) is 50.0 cm³/mol. The van der Waals surface area contributed by atoms with Gasteiger partial charge in [-0.05, 0) is 6.42 Å². The van der Waals surface area contributed by atoms with E-state index in [1.54, 1.807) is 11.9 Å². The molecule has 1 aromatic rings. The Morgan fingerprint density at radius 2 is 2.54 bits per heavy atom. The maximum atomic E-state index is 10.8. The standard InChI is InChI=1S/C7H11N3O2S/c1-3-5(6(11)12)10(2)7-8-4-9-13-7/h4-5H,3H2,1-2H3,(H,11,12). The molecule has 0 saturated heterocycles. The smallest absolute Gasteiger partial charge is 0.326 e. The average molecular weight is 201 g/mol. The quantitative estimate of drug-likeness (QED) is 0.781. The molecule has 1 N–H and O–H groups in total. The van der Waals surface area contributed by atoms with Crippen LogP contribution in [0.4, 0.5) is 5.13 Å². The van der Waals surface area contributed by atoms with E-state index in [-0.39, 0.29) is 0 Å². The van der Waals surface area contributed by atoms with Crippen LogP contribution >= 0.6 is 11.5 Å². The molecule has 5 nitrogen and oxygen atoms in total. The fraction of sp³-hybridized carbons (Fsp3) is 0.571. The van der Waals surface area contributed by atoms with Crippen LogP contribution in [0.3, 0.4) is 0 Å². The molecule has 13 heavy (non-hydrogen) atoms. The highest BCUT2D eigenvalue weighted by Crippen LogP contribution is 2.16. The van der Waals surface area contributed by atoms with Gasteiger partial charge in [0.2, 0.25) is 5.13 Å². The first-order valence-corrected chi connectivity index (χ1v) is 4.66. The van der Waals surface area contributed by atoms with Crippen molar-refractivity contribution >= 4 is 22.6 Å². The number of carbonyl (C=O) groups is 1. The zero-order valence-electron chi connectivity index (χ0n) is 7.47. The number of rotatable bonds is 4. The van der Waals surface area contributed by atoms with Crippen LogP contribution in [-0.4, -0.2) is 33.5 Å². The molecular weight excluding hydrogens is 190 g/mol. The summed E-state index contributed by atoms with van der Waals surface area (Å²) in [5, 5.41) is 9.49. The van der Waals surface area contributed by atoms with E-state index in [9.17, 15) is 4.79 Å². The highest BCUT2D eigenvalue weighted by Gasteiger charge is 2.22. The molecule has 0 radical (unpaired) electrons. The molecule has 0 aliphatic heterocycles. The van der Waals surface area contributed by atoms with Gasteiger partial charge in [0.15, 0.2) is 0 Å². The number of aliphatic carboxylic acids is 1. The summed E-state index contributed by atoms with van der Waals surface area (Å²) < 4.78 is 3.82. The zero-order chi connectivity index (χ0) is 9.84. The molecule has 6 heteroatoms. The van der Waals surface area contributed by atoms with Gasteiger partial charge in [0, 0.05) is 18.6 Å². The van der Waals surface area contributed by atoms with Gasteiger partial charge in [0.05, 0.1) is 0 Å². The Labute approximate surface area is 80.2 Å². The number of carboxylic acids is 1. The molecule has 1 rings (SSSR count). The summed E-state index contributed by atoms with van der Waals surface area (Å²) in [5.74, 6) is -0.833. The molecule has 0 aliphatic carbocycles.